The van der Waals surface area contributed by atoms with Gasteiger partial charge in [-0.2, -0.15) is 0 Å². The minimum atomic E-state index is -0.295. The minimum Gasteiger partial charge on any atom is -0.398 e. The highest BCUT2D eigenvalue weighted by Crippen LogP contribution is 2.26. The summed E-state index contributed by atoms with van der Waals surface area (Å²) in [6.07, 6.45) is 8.73. The largest absolute Gasteiger partial charge is 0.398 e. The first-order valence-corrected chi connectivity index (χ1v) is 10.8. The van der Waals surface area contributed by atoms with Crippen LogP contribution in [0.15, 0.2) is 71.3 Å². The number of carbonyl (C=O) groups is 2. The first-order valence-electron chi connectivity index (χ1n) is 10.8. The van der Waals surface area contributed by atoms with Crippen molar-refractivity contribution in [1.29, 1.82) is 0 Å². The summed E-state index contributed by atoms with van der Waals surface area (Å²) in [6, 6.07) is 12.6. The first-order chi connectivity index (χ1) is 15.4. The maximum atomic E-state index is 13.1. The molecule has 0 heterocycles. The van der Waals surface area contributed by atoms with Gasteiger partial charge in [-0.05, 0) is 56.5 Å². The Morgan fingerprint density at radius 1 is 1.09 bits per heavy atom. The van der Waals surface area contributed by atoms with E-state index in [-0.39, 0.29) is 17.6 Å². The van der Waals surface area contributed by atoms with Gasteiger partial charge in [0.05, 0.1) is 11.6 Å². The van der Waals surface area contributed by atoms with Crippen LogP contribution >= 0.6 is 0 Å². The third kappa shape index (κ3) is 5.39. The second-order valence-corrected chi connectivity index (χ2v) is 7.81. The lowest BCUT2D eigenvalue weighted by Gasteiger charge is -2.20. The summed E-state index contributed by atoms with van der Waals surface area (Å²) >= 11 is 0. The molecule has 1 amide bonds. The highest BCUT2D eigenvalue weighted by molar-refractivity contribution is 6.16. The Hall–Kier alpha value is -3.51. The van der Waals surface area contributed by atoms with E-state index in [9.17, 15) is 9.59 Å². The van der Waals surface area contributed by atoms with E-state index in [1.165, 1.54) is 6.92 Å². The lowest BCUT2D eigenvalue weighted by molar-refractivity contribution is -0.118. The standard InChI is InChI=1S/C26H30N4O2/c1-17(31)18-8-10-20(11-9-18)25(29-2)23-16-21(12-13-24(23)28)30-26(32)22(14-15-27)19-6-4-3-5-7-19/h4,6-13,16,22H,3,5,14-15,27-28H2,1-2H3,(H,30,32). The zero-order valence-corrected chi connectivity index (χ0v) is 18.6. The lowest BCUT2D eigenvalue weighted by atomic mass is 9.90. The highest BCUT2D eigenvalue weighted by Gasteiger charge is 2.22. The fourth-order valence-electron chi connectivity index (χ4n) is 3.84. The van der Waals surface area contributed by atoms with E-state index in [1.807, 2.05) is 24.3 Å². The first kappa shape index (κ1) is 23.2. The maximum absolute atomic E-state index is 13.1. The van der Waals surface area contributed by atoms with Gasteiger partial charge in [0, 0.05) is 35.1 Å². The van der Waals surface area contributed by atoms with Gasteiger partial charge in [0.1, 0.15) is 0 Å². The van der Waals surface area contributed by atoms with Gasteiger partial charge in [-0.3, -0.25) is 14.6 Å². The number of aliphatic imine (C=N–C) groups is 1. The van der Waals surface area contributed by atoms with E-state index in [0.717, 1.165) is 24.0 Å². The SMILES string of the molecule is CN=C(c1ccc(C(C)=O)cc1)c1cc(NC(=O)C(CCN)C2=CCCC=C2)ccc1N. The average molecular weight is 431 g/mol. The van der Waals surface area contributed by atoms with Gasteiger partial charge in [0.2, 0.25) is 5.91 Å². The Morgan fingerprint density at radius 2 is 1.81 bits per heavy atom. The highest BCUT2D eigenvalue weighted by atomic mass is 16.2. The normalized spacial score (nSPS) is 14.6. The molecule has 0 saturated carbocycles. The molecule has 3 rings (SSSR count). The number of Topliss-reactive ketones (excluding diaryl/α,β-unsaturated/α-hetero) is 1. The molecule has 166 valence electrons. The molecule has 0 radical (unpaired) electrons. The van der Waals surface area contributed by atoms with Crippen molar-refractivity contribution in [3.8, 4) is 0 Å². The summed E-state index contributed by atoms with van der Waals surface area (Å²) in [6.45, 7) is 1.96. The monoisotopic (exact) mass is 430 g/mol. The summed E-state index contributed by atoms with van der Waals surface area (Å²) < 4.78 is 0. The second-order valence-electron chi connectivity index (χ2n) is 7.81. The summed E-state index contributed by atoms with van der Waals surface area (Å²) in [5.74, 6) is -0.383. The van der Waals surface area contributed by atoms with Gasteiger partial charge in [-0.15, -0.1) is 0 Å². The van der Waals surface area contributed by atoms with Crippen molar-refractivity contribution >= 4 is 28.8 Å². The third-order valence-electron chi connectivity index (χ3n) is 5.56. The molecule has 5 N–H and O–H groups in total. The van der Waals surface area contributed by atoms with Crippen LogP contribution in [-0.4, -0.2) is 31.0 Å². The lowest BCUT2D eigenvalue weighted by Crippen LogP contribution is -2.27. The third-order valence-corrected chi connectivity index (χ3v) is 5.56. The van der Waals surface area contributed by atoms with E-state index < -0.39 is 0 Å². The summed E-state index contributed by atoms with van der Waals surface area (Å²) in [5.41, 5.74) is 17.1. The quantitative estimate of drug-likeness (QED) is 0.332. The van der Waals surface area contributed by atoms with Gasteiger partial charge >= 0.3 is 0 Å². The number of hydrogen-bond donors (Lipinski definition) is 3. The predicted octanol–water partition coefficient (Wildman–Crippen LogP) is 4.12. The molecule has 0 aliphatic heterocycles. The molecule has 0 bridgehead atoms. The van der Waals surface area contributed by atoms with Crippen LogP contribution in [0, 0.1) is 5.92 Å². The molecule has 1 aliphatic carbocycles. The van der Waals surface area contributed by atoms with Crippen molar-refractivity contribution in [2.45, 2.75) is 26.2 Å². The summed E-state index contributed by atoms with van der Waals surface area (Å²) in [5, 5.41) is 3.02. The van der Waals surface area contributed by atoms with Gasteiger partial charge in [-0.1, -0.05) is 42.5 Å². The molecule has 6 heteroatoms. The minimum absolute atomic E-state index is 0.00530. The van der Waals surface area contributed by atoms with Crippen LogP contribution in [0.25, 0.3) is 0 Å². The van der Waals surface area contributed by atoms with Crippen LogP contribution in [-0.2, 0) is 4.79 Å². The number of nitrogens with zero attached hydrogens (tertiary/aromatic N) is 1. The van der Waals surface area contributed by atoms with Gasteiger partial charge in [0.25, 0.3) is 0 Å². The molecule has 32 heavy (non-hydrogen) atoms. The average Bonchev–Trinajstić information content (AvgIpc) is 2.80. The number of nitrogens with two attached hydrogens (primary N) is 2. The van der Waals surface area contributed by atoms with Crippen molar-refractivity contribution < 1.29 is 9.59 Å². The number of hydrogen-bond acceptors (Lipinski definition) is 5. The molecular weight excluding hydrogens is 400 g/mol. The van der Waals surface area contributed by atoms with Crippen LogP contribution in [0.4, 0.5) is 11.4 Å². The van der Waals surface area contributed by atoms with E-state index in [2.05, 4.69) is 22.5 Å². The molecule has 0 aromatic heterocycles. The zero-order valence-electron chi connectivity index (χ0n) is 18.6. The number of anilines is 2. The van der Waals surface area contributed by atoms with Crippen molar-refractivity contribution in [1.82, 2.24) is 0 Å². The fourth-order valence-corrected chi connectivity index (χ4v) is 3.84. The van der Waals surface area contributed by atoms with Crippen LogP contribution in [0.5, 0.6) is 0 Å². The van der Waals surface area contributed by atoms with Crippen molar-refractivity contribution in [3.05, 3.63) is 83.0 Å². The van der Waals surface area contributed by atoms with Crippen LogP contribution in [0.1, 0.15) is 47.7 Å². The molecule has 0 saturated heterocycles. The number of amides is 1. The molecule has 2 aromatic carbocycles. The van der Waals surface area contributed by atoms with E-state index >= 15 is 0 Å². The van der Waals surface area contributed by atoms with Crippen LogP contribution in [0.3, 0.4) is 0 Å². The molecular formula is C26H30N4O2. The van der Waals surface area contributed by atoms with Gasteiger partial charge < -0.3 is 16.8 Å². The predicted molar refractivity (Wildman–Crippen MR) is 131 cm³/mol. The molecule has 2 aromatic rings. The molecule has 6 nitrogen and oxygen atoms in total. The molecule has 1 aliphatic rings. The number of nitrogen functional groups attached to an aromatic ring is 1. The van der Waals surface area contributed by atoms with Crippen molar-refractivity contribution in [2.24, 2.45) is 16.6 Å². The van der Waals surface area contributed by atoms with E-state index in [1.54, 1.807) is 31.3 Å². The Bertz CT molecular complexity index is 1080. The molecule has 0 fully saturated rings. The number of benzene rings is 2. The van der Waals surface area contributed by atoms with E-state index in [0.29, 0.717) is 41.2 Å². The summed E-state index contributed by atoms with van der Waals surface area (Å²) in [7, 11) is 1.69. The second kappa shape index (κ2) is 10.7. The Morgan fingerprint density at radius 3 is 2.41 bits per heavy atom. The number of allylic oxidation sites excluding steroid dienone is 3. The van der Waals surface area contributed by atoms with E-state index in [4.69, 9.17) is 11.5 Å². The van der Waals surface area contributed by atoms with Crippen LogP contribution in [0.2, 0.25) is 0 Å². The Kier molecular flexibility index (Phi) is 7.73. The van der Waals surface area contributed by atoms with Crippen molar-refractivity contribution in [3.63, 3.8) is 0 Å². The number of carbonyl (C=O) groups excluding carboxylic acids is 2. The number of nitrogens with one attached hydrogen (secondary N) is 1. The fraction of sp³-hybridized carbons (Fsp3) is 0.269. The summed E-state index contributed by atoms with van der Waals surface area (Å²) in [4.78, 5) is 29.1. The van der Waals surface area contributed by atoms with Crippen molar-refractivity contribution in [2.75, 3.05) is 24.6 Å². The van der Waals surface area contributed by atoms with Gasteiger partial charge in [-0.25, -0.2) is 0 Å². The Balaban J connectivity index is 1.87. The zero-order chi connectivity index (χ0) is 23.1. The molecule has 0 spiro atoms. The molecule has 1 unspecified atom stereocenters. The number of rotatable bonds is 8. The smallest absolute Gasteiger partial charge is 0.231 e. The maximum Gasteiger partial charge on any atom is 0.231 e. The van der Waals surface area contributed by atoms with Crippen LogP contribution < -0.4 is 16.8 Å². The van der Waals surface area contributed by atoms with Gasteiger partial charge in [0.15, 0.2) is 5.78 Å². The Labute approximate surface area is 189 Å². The molecule has 1 atom stereocenters. The number of ketones is 1. The topological polar surface area (TPSA) is 111 Å².